The Labute approximate surface area is 135 Å². The van der Waals surface area contributed by atoms with Gasteiger partial charge in [-0.1, -0.05) is 18.2 Å². The SMILES string of the molecule is CCOC(=O)C1=C(C)N(c2c(C)cccc2C)S(=O)(=O)NC1=O. The molecule has 0 bridgehead atoms. The summed E-state index contributed by atoms with van der Waals surface area (Å²) < 4.78 is 32.6. The van der Waals surface area contributed by atoms with E-state index in [2.05, 4.69) is 0 Å². The van der Waals surface area contributed by atoms with E-state index in [1.54, 1.807) is 39.0 Å². The summed E-state index contributed by atoms with van der Waals surface area (Å²) in [6.07, 6.45) is 0. The van der Waals surface area contributed by atoms with Gasteiger partial charge in [0.1, 0.15) is 5.57 Å². The Morgan fingerprint density at radius 1 is 1.22 bits per heavy atom. The number of rotatable bonds is 3. The highest BCUT2D eigenvalue weighted by molar-refractivity contribution is 7.91. The summed E-state index contributed by atoms with van der Waals surface area (Å²) in [6, 6.07) is 5.31. The van der Waals surface area contributed by atoms with E-state index >= 15 is 0 Å². The number of para-hydroxylation sites is 1. The van der Waals surface area contributed by atoms with E-state index in [0.29, 0.717) is 16.8 Å². The maximum absolute atomic E-state index is 12.4. The Morgan fingerprint density at radius 3 is 2.30 bits per heavy atom. The van der Waals surface area contributed by atoms with Crippen LogP contribution in [0.25, 0.3) is 0 Å². The molecular formula is C15H18N2O5S. The van der Waals surface area contributed by atoms with E-state index in [9.17, 15) is 18.0 Å². The summed E-state index contributed by atoms with van der Waals surface area (Å²) in [6.45, 7) is 6.61. The quantitative estimate of drug-likeness (QED) is 0.663. The molecule has 1 aromatic carbocycles. The first-order chi connectivity index (χ1) is 10.7. The van der Waals surface area contributed by atoms with Gasteiger partial charge in [0.25, 0.3) is 5.91 Å². The highest BCUT2D eigenvalue weighted by atomic mass is 32.2. The van der Waals surface area contributed by atoms with Gasteiger partial charge in [-0.25, -0.2) is 13.8 Å². The highest BCUT2D eigenvalue weighted by Crippen LogP contribution is 2.33. The maximum atomic E-state index is 12.4. The summed E-state index contributed by atoms with van der Waals surface area (Å²) in [4.78, 5) is 24.0. The summed E-state index contributed by atoms with van der Waals surface area (Å²) in [5.74, 6) is -1.84. The second-order valence-electron chi connectivity index (χ2n) is 5.12. The molecule has 1 aliphatic heterocycles. The highest BCUT2D eigenvalue weighted by Gasteiger charge is 2.40. The zero-order valence-electron chi connectivity index (χ0n) is 13.3. The normalized spacial score (nSPS) is 17.0. The molecule has 1 aromatic rings. The van der Waals surface area contributed by atoms with Gasteiger partial charge in [-0.15, -0.1) is 0 Å². The number of benzene rings is 1. The number of carbonyl (C=O) groups is 2. The number of amides is 1. The molecule has 0 atom stereocenters. The van der Waals surface area contributed by atoms with E-state index in [-0.39, 0.29) is 17.9 Å². The Kier molecular flexibility index (Phi) is 4.46. The monoisotopic (exact) mass is 338 g/mol. The van der Waals surface area contributed by atoms with Crippen LogP contribution in [0.1, 0.15) is 25.0 Å². The van der Waals surface area contributed by atoms with Crippen LogP contribution in [0.4, 0.5) is 5.69 Å². The number of esters is 1. The minimum atomic E-state index is -4.13. The van der Waals surface area contributed by atoms with Crippen molar-refractivity contribution in [1.82, 2.24) is 4.72 Å². The average Bonchev–Trinajstić information content (AvgIpc) is 2.41. The number of anilines is 1. The van der Waals surface area contributed by atoms with Crippen molar-refractivity contribution < 1.29 is 22.7 Å². The number of carbonyl (C=O) groups excluding carboxylic acids is 2. The van der Waals surface area contributed by atoms with Crippen molar-refractivity contribution in [3.8, 4) is 0 Å². The first-order valence-electron chi connectivity index (χ1n) is 7.02. The van der Waals surface area contributed by atoms with Gasteiger partial charge in [0.05, 0.1) is 18.0 Å². The van der Waals surface area contributed by atoms with Crippen molar-refractivity contribution in [3.63, 3.8) is 0 Å². The third-order valence-electron chi connectivity index (χ3n) is 3.48. The number of aryl methyl sites for hydroxylation is 2. The van der Waals surface area contributed by atoms with Gasteiger partial charge < -0.3 is 4.74 Å². The molecule has 1 aliphatic rings. The Hall–Kier alpha value is -2.35. The first-order valence-corrected chi connectivity index (χ1v) is 8.46. The molecule has 0 unspecified atom stereocenters. The Balaban J connectivity index is 2.73. The van der Waals surface area contributed by atoms with Crippen LogP contribution in [0.3, 0.4) is 0 Å². The maximum Gasteiger partial charge on any atom is 0.345 e. The number of ether oxygens (including phenoxy) is 1. The third-order valence-corrected chi connectivity index (χ3v) is 4.86. The van der Waals surface area contributed by atoms with Crippen molar-refractivity contribution >= 4 is 27.8 Å². The Morgan fingerprint density at radius 2 is 1.78 bits per heavy atom. The molecule has 2 rings (SSSR count). The third kappa shape index (κ3) is 2.94. The minimum absolute atomic E-state index is 0.0181. The van der Waals surface area contributed by atoms with Gasteiger partial charge in [0.2, 0.25) is 0 Å². The van der Waals surface area contributed by atoms with Gasteiger partial charge in [-0.05, 0) is 38.8 Å². The lowest BCUT2D eigenvalue weighted by molar-refractivity contribution is -0.140. The minimum Gasteiger partial charge on any atom is -0.462 e. The predicted octanol–water partition coefficient (Wildman–Crippen LogP) is 1.32. The molecule has 1 N–H and O–H groups in total. The first kappa shape index (κ1) is 17.0. The van der Waals surface area contributed by atoms with Crippen LogP contribution in [0.15, 0.2) is 29.5 Å². The molecule has 0 aliphatic carbocycles. The van der Waals surface area contributed by atoms with Crippen LogP contribution in [-0.2, 0) is 24.5 Å². The smallest absolute Gasteiger partial charge is 0.345 e. The summed E-state index contributed by atoms with van der Waals surface area (Å²) in [5, 5.41) is 0. The molecule has 0 saturated heterocycles. The largest absolute Gasteiger partial charge is 0.462 e. The molecule has 1 amide bonds. The molecule has 23 heavy (non-hydrogen) atoms. The van der Waals surface area contributed by atoms with Crippen molar-refractivity contribution in [2.45, 2.75) is 27.7 Å². The number of nitrogens with zero attached hydrogens (tertiary/aromatic N) is 1. The topological polar surface area (TPSA) is 92.8 Å². The predicted molar refractivity (Wildman–Crippen MR) is 84.8 cm³/mol. The van der Waals surface area contributed by atoms with Gasteiger partial charge >= 0.3 is 16.2 Å². The molecular weight excluding hydrogens is 320 g/mol. The lowest BCUT2D eigenvalue weighted by Crippen LogP contribution is -2.50. The molecule has 8 heteroatoms. The van der Waals surface area contributed by atoms with E-state index in [1.807, 2.05) is 4.72 Å². The lowest BCUT2D eigenvalue weighted by Gasteiger charge is -2.32. The number of allylic oxidation sites excluding steroid dienone is 1. The Bertz CT molecular complexity index is 791. The fourth-order valence-corrected chi connectivity index (χ4v) is 3.93. The number of hydrogen-bond acceptors (Lipinski definition) is 5. The summed E-state index contributed by atoms with van der Waals surface area (Å²) in [7, 11) is -4.13. The molecule has 0 fully saturated rings. The van der Waals surface area contributed by atoms with Gasteiger partial charge in [-0.2, -0.15) is 8.42 Å². The molecule has 0 radical (unpaired) electrons. The van der Waals surface area contributed by atoms with Crippen LogP contribution < -0.4 is 9.03 Å². The summed E-state index contributed by atoms with van der Waals surface area (Å²) >= 11 is 0. The van der Waals surface area contributed by atoms with E-state index in [4.69, 9.17) is 4.74 Å². The van der Waals surface area contributed by atoms with Crippen LogP contribution in [-0.4, -0.2) is 26.9 Å². The van der Waals surface area contributed by atoms with Crippen molar-refractivity contribution in [1.29, 1.82) is 0 Å². The van der Waals surface area contributed by atoms with Crippen LogP contribution in [0.2, 0.25) is 0 Å². The molecule has 0 spiro atoms. The van der Waals surface area contributed by atoms with Gasteiger partial charge in [-0.3, -0.25) is 4.79 Å². The van der Waals surface area contributed by atoms with Crippen LogP contribution in [0.5, 0.6) is 0 Å². The van der Waals surface area contributed by atoms with E-state index in [0.717, 1.165) is 4.31 Å². The molecule has 124 valence electrons. The molecule has 0 aromatic heterocycles. The van der Waals surface area contributed by atoms with E-state index in [1.165, 1.54) is 6.92 Å². The fraction of sp³-hybridized carbons (Fsp3) is 0.333. The van der Waals surface area contributed by atoms with Crippen molar-refractivity contribution in [2.75, 3.05) is 10.9 Å². The standard InChI is InChI=1S/C15H18N2O5S/c1-5-22-15(19)12-11(4)17(23(20,21)16-14(12)18)13-9(2)7-6-8-10(13)3/h6-8H,5H2,1-4H3,(H,16,18). The second kappa shape index (κ2) is 6.04. The summed E-state index contributed by atoms with van der Waals surface area (Å²) in [5.41, 5.74) is 1.51. The molecule has 1 heterocycles. The average molecular weight is 338 g/mol. The van der Waals surface area contributed by atoms with Crippen LogP contribution >= 0.6 is 0 Å². The van der Waals surface area contributed by atoms with Gasteiger partial charge in [0, 0.05) is 0 Å². The zero-order valence-corrected chi connectivity index (χ0v) is 14.2. The van der Waals surface area contributed by atoms with Crippen molar-refractivity contribution in [3.05, 3.63) is 40.6 Å². The number of hydrogen-bond donors (Lipinski definition) is 1. The van der Waals surface area contributed by atoms with Crippen LogP contribution in [0, 0.1) is 13.8 Å². The number of nitrogens with one attached hydrogen (secondary N) is 1. The second-order valence-corrected chi connectivity index (χ2v) is 6.64. The fourth-order valence-electron chi connectivity index (χ4n) is 2.52. The van der Waals surface area contributed by atoms with Crippen molar-refractivity contribution in [2.24, 2.45) is 0 Å². The van der Waals surface area contributed by atoms with Gasteiger partial charge in [0.15, 0.2) is 0 Å². The zero-order chi connectivity index (χ0) is 17.4. The van der Waals surface area contributed by atoms with E-state index < -0.39 is 22.1 Å². The lowest BCUT2D eigenvalue weighted by atomic mass is 10.1. The molecule has 7 nitrogen and oxygen atoms in total. The molecule has 0 saturated carbocycles.